The Morgan fingerprint density at radius 1 is 1.09 bits per heavy atom. The molecule has 0 bridgehead atoms. The monoisotopic (exact) mass is 480 g/mol. The van der Waals surface area contributed by atoms with E-state index in [0.29, 0.717) is 0 Å². The second-order valence-corrected chi connectivity index (χ2v) is 7.94. The van der Waals surface area contributed by atoms with E-state index in [1.165, 1.54) is 55.5 Å². The van der Waals surface area contributed by atoms with Gasteiger partial charge in [-0.2, -0.15) is 13.2 Å². The van der Waals surface area contributed by atoms with Crippen molar-refractivity contribution >= 4 is 29.1 Å². The highest BCUT2D eigenvalue weighted by molar-refractivity contribution is 6.30. The fraction of sp³-hybridized carbons (Fsp3) is 0.261. The molecule has 4 rings (SSSR count). The van der Waals surface area contributed by atoms with Crippen molar-refractivity contribution in [3.05, 3.63) is 81.6 Å². The van der Waals surface area contributed by atoms with Gasteiger partial charge in [-0.1, -0.05) is 48.0 Å². The number of aliphatic hydroxyl groups is 1. The quantitative estimate of drug-likeness (QED) is 0.662. The molecule has 10 heteroatoms. The lowest BCUT2D eigenvalue weighted by atomic mass is 9.69. The summed E-state index contributed by atoms with van der Waals surface area (Å²) in [7, 11) is 0. The Balaban J connectivity index is 2.05. The van der Waals surface area contributed by atoms with Crippen LogP contribution in [0.4, 0.5) is 13.2 Å². The molecular weight excluding hydrogens is 465 g/mol. The summed E-state index contributed by atoms with van der Waals surface area (Å²) in [4.78, 5) is 39.3. The molecule has 2 aromatic carbocycles. The molecule has 0 amide bonds. The predicted octanol–water partition coefficient (Wildman–Crippen LogP) is 4.22. The summed E-state index contributed by atoms with van der Waals surface area (Å²) in [5.74, 6) is -12.5. The molecular formula is C23H16ClF3O6. The van der Waals surface area contributed by atoms with Crippen molar-refractivity contribution in [3.8, 4) is 0 Å². The topological polar surface area (TPSA) is 89.9 Å². The normalized spacial score (nSPS) is 24.7. The molecule has 33 heavy (non-hydrogen) atoms. The lowest BCUT2D eigenvalue weighted by molar-refractivity contribution is -0.375. The number of hydrogen-bond acceptors (Lipinski definition) is 6. The van der Waals surface area contributed by atoms with Gasteiger partial charge in [-0.25, -0.2) is 0 Å². The van der Waals surface area contributed by atoms with Gasteiger partial charge in [-0.15, -0.1) is 0 Å². The zero-order chi connectivity index (χ0) is 24.1. The van der Waals surface area contributed by atoms with Crippen LogP contribution in [0.3, 0.4) is 0 Å². The molecule has 1 aliphatic carbocycles. The Morgan fingerprint density at radius 3 is 2.21 bits per heavy atom. The number of alkyl halides is 3. The minimum atomic E-state index is -5.52. The minimum Gasteiger partial charge on any atom is -0.466 e. The summed E-state index contributed by atoms with van der Waals surface area (Å²) >= 11 is 5.91. The van der Waals surface area contributed by atoms with E-state index >= 15 is 0 Å². The summed E-state index contributed by atoms with van der Waals surface area (Å²) in [6, 6.07) is 10.9. The lowest BCUT2D eigenvalue weighted by Crippen LogP contribution is -2.61. The third-order valence-electron chi connectivity index (χ3n) is 5.61. The minimum absolute atomic E-state index is 0.0384. The van der Waals surface area contributed by atoms with E-state index < -0.39 is 52.7 Å². The first kappa shape index (κ1) is 23.0. The van der Waals surface area contributed by atoms with E-state index in [1.807, 2.05) is 0 Å². The zero-order valence-corrected chi connectivity index (χ0v) is 17.7. The molecule has 6 nitrogen and oxygen atoms in total. The van der Waals surface area contributed by atoms with Crippen LogP contribution in [0.15, 0.2) is 59.9 Å². The van der Waals surface area contributed by atoms with Crippen molar-refractivity contribution < 1.29 is 42.1 Å². The first-order chi connectivity index (χ1) is 15.5. The number of esters is 1. The molecule has 1 N–H and O–H groups in total. The van der Waals surface area contributed by atoms with E-state index in [4.69, 9.17) is 21.1 Å². The SMILES string of the molecule is CCOC(=O)[C@@H]1[C@@H](c2ccc(Cl)cc2)C2=C(O[C@@]1(O)C(F)(F)F)C(=O)c1ccccc1C2=O. The van der Waals surface area contributed by atoms with Crippen LogP contribution in [0.2, 0.25) is 5.02 Å². The molecule has 0 saturated carbocycles. The fourth-order valence-electron chi connectivity index (χ4n) is 4.16. The smallest absolute Gasteiger partial charge is 0.456 e. The Labute approximate surface area is 190 Å². The Bertz CT molecular complexity index is 1190. The zero-order valence-electron chi connectivity index (χ0n) is 17.0. The van der Waals surface area contributed by atoms with Gasteiger partial charge in [0.15, 0.2) is 11.5 Å². The summed E-state index contributed by atoms with van der Waals surface area (Å²) in [5.41, 5.74) is -0.649. The van der Waals surface area contributed by atoms with Crippen LogP contribution < -0.4 is 0 Å². The van der Waals surface area contributed by atoms with Gasteiger partial charge >= 0.3 is 17.9 Å². The van der Waals surface area contributed by atoms with Crippen LogP contribution in [-0.2, 0) is 14.3 Å². The Hall–Kier alpha value is -3.17. The van der Waals surface area contributed by atoms with Crippen LogP contribution in [0.25, 0.3) is 0 Å². The van der Waals surface area contributed by atoms with Gasteiger partial charge < -0.3 is 14.6 Å². The second kappa shape index (κ2) is 8.00. The van der Waals surface area contributed by atoms with E-state index in [2.05, 4.69) is 0 Å². The van der Waals surface area contributed by atoms with Crippen molar-refractivity contribution in [2.75, 3.05) is 6.61 Å². The Morgan fingerprint density at radius 2 is 1.67 bits per heavy atom. The number of Topliss-reactive ketones (excluding diaryl/α,β-unsaturated/α-hetero) is 2. The number of hydrogen-bond donors (Lipinski definition) is 1. The third-order valence-corrected chi connectivity index (χ3v) is 5.86. The first-order valence-corrected chi connectivity index (χ1v) is 10.2. The van der Waals surface area contributed by atoms with Crippen molar-refractivity contribution in [1.82, 2.24) is 0 Å². The molecule has 172 valence electrons. The number of benzene rings is 2. The van der Waals surface area contributed by atoms with E-state index in [9.17, 15) is 32.7 Å². The molecule has 0 aromatic heterocycles. The maximum Gasteiger partial charge on any atom is 0.456 e. The molecule has 0 spiro atoms. The molecule has 0 saturated heterocycles. The number of ketones is 2. The number of halogens is 4. The molecule has 0 fully saturated rings. The number of ether oxygens (including phenoxy) is 2. The molecule has 0 radical (unpaired) electrons. The number of fused-ring (bicyclic) bond motifs is 1. The summed E-state index contributed by atoms with van der Waals surface area (Å²) in [6.45, 7) is 1.08. The number of rotatable bonds is 3. The summed E-state index contributed by atoms with van der Waals surface area (Å²) in [6.07, 6.45) is -5.52. The Kier molecular flexibility index (Phi) is 5.58. The van der Waals surface area contributed by atoms with Crippen LogP contribution in [0.1, 0.15) is 39.1 Å². The summed E-state index contributed by atoms with van der Waals surface area (Å²) < 4.78 is 52.2. The highest BCUT2D eigenvalue weighted by Crippen LogP contribution is 2.54. The molecule has 3 atom stereocenters. The van der Waals surface area contributed by atoms with Crippen molar-refractivity contribution in [2.45, 2.75) is 24.8 Å². The molecule has 1 aliphatic heterocycles. The predicted molar refractivity (Wildman–Crippen MR) is 109 cm³/mol. The number of allylic oxidation sites excluding steroid dienone is 2. The number of carbonyl (C=O) groups is 3. The number of carbonyl (C=O) groups excluding carboxylic acids is 3. The van der Waals surface area contributed by atoms with Crippen LogP contribution >= 0.6 is 11.6 Å². The van der Waals surface area contributed by atoms with Gasteiger partial charge in [0, 0.05) is 22.1 Å². The van der Waals surface area contributed by atoms with Crippen LogP contribution in [-0.4, -0.2) is 41.2 Å². The van der Waals surface area contributed by atoms with Crippen LogP contribution in [0.5, 0.6) is 0 Å². The third kappa shape index (κ3) is 3.52. The first-order valence-electron chi connectivity index (χ1n) is 9.84. The van der Waals surface area contributed by atoms with Crippen molar-refractivity contribution in [2.24, 2.45) is 5.92 Å². The fourth-order valence-corrected chi connectivity index (χ4v) is 4.28. The van der Waals surface area contributed by atoms with Gasteiger partial charge in [0.05, 0.1) is 12.2 Å². The maximum atomic E-state index is 14.2. The summed E-state index contributed by atoms with van der Waals surface area (Å²) in [5, 5.41) is 11.0. The van der Waals surface area contributed by atoms with Crippen molar-refractivity contribution in [3.63, 3.8) is 0 Å². The maximum absolute atomic E-state index is 14.2. The van der Waals surface area contributed by atoms with Gasteiger partial charge in [0.1, 0.15) is 5.92 Å². The molecule has 0 unspecified atom stereocenters. The molecule has 2 aromatic rings. The molecule has 1 heterocycles. The highest BCUT2D eigenvalue weighted by Gasteiger charge is 2.70. The van der Waals surface area contributed by atoms with Gasteiger partial charge in [-0.05, 0) is 24.6 Å². The van der Waals surface area contributed by atoms with Crippen LogP contribution in [0, 0.1) is 5.92 Å². The average Bonchev–Trinajstić information content (AvgIpc) is 2.76. The average molecular weight is 481 g/mol. The van der Waals surface area contributed by atoms with E-state index in [0.717, 1.165) is 0 Å². The standard InChI is InChI=1S/C23H16ClF3O6/c1-2-32-21(30)17-15(11-7-9-12(24)10-8-11)16-18(28)13-5-3-4-6-14(13)19(29)20(16)33-22(17,31)23(25,26)27/h3-10,15,17,31H,2H2,1H3/t15-,17-,22+/m0/s1. The highest BCUT2D eigenvalue weighted by atomic mass is 35.5. The van der Waals surface area contributed by atoms with Gasteiger partial charge in [-0.3, -0.25) is 14.4 Å². The van der Waals surface area contributed by atoms with Crippen molar-refractivity contribution in [1.29, 1.82) is 0 Å². The van der Waals surface area contributed by atoms with E-state index in [-0.39, 0.29) is 28.3 Å². The van der Waals surface area contributed by atoms with Gasteiger partial charge in [0.2, 0.25) is 5.78 Å². The molecule has 2 aliphatic rings. The van der Waals surface area contributed by atoms with E-state index in [1.54, 1.807) is 0 Å². The largest absolute Gasteiger partial charge is 0.466 e. The van der Waals surface area contributed by atoms with Gasteiger partial charge in [0.25, 0.3) is 0 Å². The second-order valence-electron chi connectivity index (χ2n) is 7.50. The lowest BCUT2D eigenvalue weighted by Gasteiger charge is -2.45.